The third kappa shape index (κ3) is 10.6. The van der Waals surface area contributed by atoms with Crippen molar-refractivity contribution in [3.8, 4) is 0 Å². The molecule has 6 N–H and O–H groups in total. The lowest BCUT2D eigenvalue weighted by Gasteiger charge is -2.29. The van der Waals surface area contributed by atoms with Gasteiger partial charge in [0.1, 0.15) is 0 Å². The Morgan fingerprint density at radius 1 is 0.978 bits per heavy atom. The van der Waals surface area contributed by atoms with Crippen LogP contribution in [0.15, 0.2) is 72.8 Å². The molecule has 242 valence electrons. The van der Waals surface area contributed by atoms with Gasteiger partial charge in [0.25, 0.3) is 12.4 Å². The van der Waals surface area contributed by atoms with Gasteiger partial charge in [0.15, 0.2) is 0 Å². The van der Waals surface area contributed by atoms with Crippen LogP contribution in [0, 0.1) is 0 Å². The molecule has 1 amide bonds. The lowest BCUT2D eigenvalue weighted by molar-refractivity contribution is -0.122. The number of nitrogens with one attached hydrogen (secondary N) is 3. The molecular weight excluding hydrogens is 600 g/mol. The van der Waals surface area contributed by atoms with Gasteiger partial charge in [-0.15, -0.1) is 0 Å². The van der Waals surface area contributed by atoms with Crippen LogP contribution in [0.5, 0.6) is 0 Å². The molecule has 13 heteroatoms. The molecule has 3 aromatic carbocycles. The Bertz CT molecular complexity index is 1540. The highest BCUT2D eigenvalue weighted by Gasteiger charge is 2.28. The molecular formula is C32H40N4O8S. The van der Waals surface area contributed by atoms with E-state index in [0.29, 0.717) is 43.9 Å². The Labute approximate surface area is 263 Å². The molecule has 1 fully saturated rings. The number of hydrogen-bond acceptors (Lipinski definition) is 8. The second kappa shape index (κ2) is 17.1. The Morgan fingerprint density at radius 2 is 1.69 bits per heavy atom. The van der Waals surface area contributed by atoms with E-state index in [4.69, 9.17) is 9.90 Å². The van der Waals surface area contributed by atoms with Gasteiger partial charge in [0.05, 0.1) is 29.1 Å². The van der Waals surface area contributed by atoms with Crippen LogP contribution in [0.3, 0.4) is 0 Å². The van der Waals surface area contributed by atoms with Crippen molar-refractivity contribution in [3.63, 3.8) is 0 Å². The van der Waals surface area contributed by atoms with Gasteiger partial charge in [-0.2, -0.15) is 0 Å². The van der Waals surface area contributed by atoms with Crippen molar-refractivity contribution in [1.82, 2.24) is 10.6 Å². The van der Waals surface area contributed by atoms with Crippen LogP contribution in [0.25, 0.3) is 0 Å². The predicted molar refractivity (Wildman–Crippen MR) is 172 cm³/mol. The van der Waals surface area contributed by atoms with E-state index in [1.807, 2.05) is 37.3 Å². The summed E-state index contributed by atoms with van der Waals surface area (Å²) in [5.74, 6) is -1.37. The topological polar surface area (TPSA) is 185 Å². The average Bonchev–Trinajstić information content (AvgIpc) is 3.01. The van der Waals surface area contributed by atoms with Crippen molar-refractivity contribution >= 4 is 39.7 Å². The molecule has 0 saturated carbocycles. The van der Waals surface area contributed by atoms with Crippen LogP contribution in [-0.2, 0) is 27.8 Å². The van der Waals surface area contributed by atoms with Crippen molar-refractivity contribution in [2.75, 3.05) is 35.0 Å². The number of sulfonamides is 1. The molecule has 0 aliphatic carbocycles. The summed E-state index contributed by atoms with van der Waals surface area (Å²) in [6, 6.07) is 20.4. The van der Waals surface area contributed by atoms with E-state index in [9.17, 15) is 28.2 Å². The van der Waals surface area contributed by atoms with Gasteiger partial charge in [-0.25, -0.2) is 13.2 Å². The van der Waals surface area contributed by atoms with Crippen LogP contribution in [0.1, 0.15) is 51.6 Å². The maximum absolute atomic E-state index is 13.6. The molecule has 2 atom stereocenters. The van der Waals surface area contributed by atoms with E-state index in [1.54, 1.807) is 36.4 Å². The fraction of sp³-hybridized carbons (Fsp3) is 0.344. The minimum absolute atomic E-state index is 0.0684. The minimum atomic E-state index is -3.48. The van der Waals surface area contributed by atoms with Crippen LogP contribution in [0.2, 0.25) is 0 Å². The summed E-state index contributed by atoms with van der Waals surface area (Å²) in [5, 5.41) is 36.6. The number of amides is 1. The number of aliphatic hydroxyl groups excluding tert-OH is 1. The van der Waals surface area contributed by atoms with Crippen molar-refractivity contribution in [2.24, 2.45) is 0 Å². The van der Waals surface area contributed by atoms with Crippen LogP contribution in [-0.4, -0.2) is 79.6 Å². The average molecular weight is 641 g/mol. The smallest absolute Gasteiger partial charge is 0.335 e. The second-order valence-corrected chi connectivity index (χ2v) is 12.5. The standard InChI is InChI=1S/C31H38N4O6S.CH2O2/c1-2-33-26-17-25(18-27(19-26)35-13-6-7-14-42(35,40)41)30(37)34-28(16-22-9-4-3-5-10-22)29(36)21-32-20-23-11-8-12-24(15-23)31(38)39;2-1-3/h3-5,8-12,15,17-19,28-29,32-33,36H,2,6-7,13-14,16,20-21H2,1H3,(H,34,37)(H,38,39);1H,(H,2,3)/t28-,29+;/m0./s1. The summed E-state index contributed by atoms with van der Waals surface area (Å²) < 4.78 is 27.0. The molecule has 0 bridgehead atoms. The first-order valence-corrected chi connectivity index (χ1v) is 16.2. The van der Waals surface area contributed by atoms with E-state index in [0.717, 1.165) is 17.5 Å². The first-order chi connectivity index (χ1) is 21.6. The molecule has 45 heavy (non-hydrogen) atoms. The third-order valence-corrected chi connectivity index (χ3v) is 9.00. The largest absolute Gasteiger partial charge is 0.483 e. The highest BCUT2D eigenvalue weighted by molar-refractivity contribution is 7.92. The molecule has 1 aliphatic heterocycles. The fourth-order valence-electron chi connectivity index (χ4n) is 5.00. The van der Waals surface area contributed by atoms with E-state index >= 15 is 0 Å². The first-order valence-electron chi connectivity index (χ1n) is 14.6. The van der Waals surface area contributed by atoms with Crippen LogP contribution in [0.4, 0.5) is 11.4 Å². The highest BCUT2D eigenvalue weighted by atomic mass is 32.2. The molecule has 1 saturated heterocycles. The quantitative estimate of drug-likeness (QED) is 0.152. The number of benzene rings is 3. The SMILES string of the molecule is CCNc1cc(C(=O)N[C@@H](Cc2ccccc2)[C@H](O)CNCc2cccc(C(=O)O)c2)cc(N2CCCCS2(=O)=O)c1.O=CO. The minimum Gasteiger partial charge on any atom is -0.483 e. The lowest BCUT2D eigenvalue weighted by atomic mass is 10.00. The molecule has 0 unspecified atom stereocenters. The number of carbonyl (C=O) groups excluding carboxylic acids is 1. The number of carbonyl (C=O) groups is 3. The zero-order chi connectivity index (χ0) is 32.8. The Balaban J connectivity index is 0.00000177. The summed E-state index contributed by atoms with van der Waals surface area (Å²) in [6.07, 6.45) is 0.739. The van der Waals surface area contributed by atoms with Crippen LogP contribution >= 0.6 is 0 Å². The van der Waals surface area contributed by atoms with Crippen molar-refractivity contribution < 1.29 is 38.1 Å². The number of rotatable bonds is 13. The summed E-state index contributed by atoms with van der Waals surface area (Å²) in [6.45, 7) is 3.09. The van der Waals surface area contributed by atoms with Gasteiger partial charge in [-0.05, 0) is 67.6 Å². The van der Waals surface area contributed by atoms with Crippen molar-refractivity contribution in [1.29, 1.82) is 0 Å². The zero-order valence-corrected chi connectivity index (χ0v) is 25.9. The monoisotopic (exact) mass is 640 g/mol. The molecule has 0 radical (unpaired) electrons. The molecule has 0 spiro atoms. The Morgan fingerprint density at radius 3 is 2.36 bits per heavy atom. The van der Waals surface area contributed by atoms with Gasteiger partial charge in [0.2, 0.25) is 10.0 Å². The number of carboxylic acids is 1. The number of anilines is 2. The van der Waals surface area contributed by atoms with E-state index in [-0.39, 0.29) is 29.9 Å². The maximum atomic E-state index is 13.6. The summed E-state index contributed by atoms with van der Waals surface area (Å²) in [4.78, 5) is 33.2. The second-order valence-electron chi connectivity index (χ2n) is 10.5. The predicted octanol–water partition coefficient (Wildman–Crippen LogP) is 2.94. The van der Waals surface area contributed by atoms with Gasteiger partial charge < -0.3 is 31.3 Å². The van der Waals surface area contributed by atoms with Gasteiger partial charge >= 0.3 is 5.97 Å². The number of aliphatic hydroxyl groups is 1. The normalized spacial score (nSPS) is 15.1. The Kier molecular flexibility index (Phi) is 13.3. The van der Waals surface area contributed by atoms with E-state index < -0.39 is 34.0 Å². The van der Waals surface area contributed by atoms with Gasteiger partial charge in [0, 0.05) is 37.4 Å². The fourth-order valence-corrected chi connectivity index (χ4v) is 6.62. The van der Waals surface area contributed by atoms with Gasteiger partial charge in [-0.1, -0.05) is 42.5 Å². The molecule has 1 heterocycles. The van der Waals surface area contributed by atoms with E-state index in [2.05, 4.69) is 16.0 Å². The third-order valence-electron chi connectivity index (χ3n) is 7.13. The highest BCUT2D eigenvalue weighted by Crippen LogP contribution is 2.28. The lowest BCUT2D eigenvalue weighted by Crippen LogP contribution is -2.48. The summed E-state index contributed by atoms with van der Waals surface area (Å²) >= 11 is 0. The number of nitrogens with zero attached hydrogens (tertiary/aromatic N) is 1. The van der Waals surface area contributed by atoms with E-state index in [1.165, 1.54) is 10.4 Å². The molecule has 0 aromatic heterocycles. The molecule has 12 nitrogen and oxygen atoms in total. The number of hydrogen-bond donors (Lipinski definition) is 6. The molecule has 4 rings (SSSR count). The van der Waals surface area contributed by atoms with Gasteiger partial charge in [-0.3, -0.25) is 13.9 Å². The maximum Gasteiger partial charge on any atom is 0.335 e. The number of aromatic carboxylic acids is 1. The zero-order valence-electron chi connectivity index (χ0n) is 25.1. The Hall–Kier alpha value is -4.46. The van der Waals surface area contributed by atoms with Crippen molar-refractivity contribution in [2.45, 2.75) is 44.9 Å². The molecule has 3 aromatic rings. The summed E-state index contributed by atoms with van der Waals surface area (Å²) in [7, 11) is -3.48. The molecule has 1 aliphatic rings. The number of carboxylic acid groups (broad SMARTS) is 2. The first kappa shape index (κ1) is 35.0. The van der Waals surface area contributed by atoms with Crippen LogP contribution < -0.4 is 20.3 Å². The van der Waals surface area contributed by atoms with Crippen molar-refractivity contribution in [3.05, 3.63) is 95.1 Å². The summed E-state index contributed by atoms with van der Waals surface area (Å²) in [5.41, 5.74) is 3.22.